The van der Waals surface area contributed by atoms with Crippen molar-refractivity contribution in [2.24, 2.45) is 0 Å². The Morgan fingerprint density at radius 1 is 0.483 bits per heavy atom. The van der Waals surface area contributed by atoms with Gasteiger partial charge < -0.3 is 4.74 Å². The van der Waals surface area contributed by atoms with Crippen molar-refractivity contribution in [3.05, 3.63) is 200 Å². The Balaban J connectivity index is 1.05. The monoisotopic (exact) mass is 743 g/mol. The molecular formula is C53H35N4O+. The highest BCUT2D eigenvalue weighted by molar-refractivity contribution is 6.28. The summed E-state index contributed by atoms with van der Waals surface area (Å²) in [6, 6.07) is 66.6. The lowest BCUT2D eigenvalue weighted by Gasteiger charge is -2.16. The fraction of sp³-hybridized carbons (Fsp3) is 0.0189. The second-order valence-corrected chi connectivity index (χ2v) is 15.1. The average Bonchev–Trinajstić information content (AvgIpc) is 3.82. The van der Waals surface area contributed by atoms with E-state index in [-0.39, 0.29) is 0 Å². The maximum absolute atomic E-state index is 6.76. The van der Waals surface area contributed by atoms with Crippen molar-refractivity contribution < 1.29 is 9.30 Å². The summed E-state index contributed by atoms with van der Waals surface area (Å²) in [5.74, 6) is 2.41. The third kappa shape index (κ3) is 4.97. The number of hydrogen-bond acceptors (Lipinski definition) is 2. The van der Waals surface area contributed by atoms with Gasteiger partial charge in [-0.05, 0) is 95.2 Å². The van der Waals surface area contributed by atoms with Gasteiger partial charge >= 0.3 is 0 Å². The number of benzene rings is 9. The van der Waals surface area contributed by atoms with Crippen LogP contribution in [-0.4, -0.2) is 14.1 Å². The van der Waals surface area contributed by atoms with Crippen molar-refractivity contribution in [3.63, 3.8) is 0 Å². The molecule has 3 heterocycles. The summed E-state index contributed by atoms with van der Waals surface area (Å²) in [7, 11) is 0. The van der Waals surface area contributed by atoms with Gasteiger partial charge in [-0.15, -0.1) is 0 Å². The van der Waals surface area contributed by atoms with E-state index in [1.54, 1.807) is 0 Å². The number of fused-ring (bicyclic) bond motifs is 11. The maximum Gasteiger partial charge on any atom is 0.255 e. The summed E-state index contributed by atoms with van der Waals surface area (Å²) in [5, 5.41) is 10.7. The van der Waals surface area contributed by atoms with Crippen LogP contribution in [0.4, 0.5) is 0 Å². The van der Waals surface area contributed by atoms with E-state index in [0.29, 0.717) is 0 Å². The SMILES string of the molecule is Cc1ccc2c(ccc3c(-n4c5ccccc5c5ccc(Oc6cccc(-n7c[n+](-c8ccccc8)c8ccccc87)c6)cc54)nc4ccc5ccccc5c4c32)c1. The molecular weight excluding hydrogens is 709 g/mol. The molecule has 272 valence electrons. The summed E-state index contributed by atoms with van der Waals surface area (Å²) in [6.45, 7) is 2.16. The number of aromatic nitrogens is 4. The summed E-state index contributed by atoms with van der Waals surface area (Å²) >= 11 is 0. The van der Waals surface area contributed by atoms with Gasteiger partial charge in [-0.3, -0.25) is 4.57 Å². The zero-order valence-corrected chi connectivity index (χ0v) is 31.7. The molecule has 0 aliphatic heterocycles. The zero-order chi connectivity index (χ0) is 38.3. The van der Waals surface area contributed by atoms with Gasteiger partial charge in [0.15, 0.2) is 11.0 Å². The fourth-order valence-corrected chi connectivity index (χ4v) is 9.05. The van der Waals surface area contributed by atoms with Gasteiger partial charge in [-0.1, -0.05) is 115 Å². The van der Waals surface area contributed by atoms with Crippen LogP contribution in [-0.2, 0) is 0 Å². The van der Waals surface area contributed by atoms with Crippen LogP contribution in [0.1, 0.15) is 5.56 Å². The molecule has 0 aliphatic rings. The summed E-state index contributed by atoms with van der Waals surface area (Å²) in [4.78, 5) is 5.55. The Morgan fingerprint density at radius 2 is 1.19 bits per heavy atom. The minimum Gasteiger partial charge on any atom is -0.457 e. The first-order valence-electron chi connectivity index (χ1n) is 19.7. The van der Waals surface area contributed by atoms with Crippen LogP contribution in [0.5, 0.6) is 11.5 Å². The van der Waals surface area contributed by atoms with Gasteiger partial charge in [0.2, 0.25) is 0 Å². The van der Waals surface area contributed by atoms with Crippen molar-refractivity contribution in [2.45, 2.75) is 6.92 Å². The van der Waals surface area contributed by atoms with Crippen molar-refractivity contribution in [1.82, 2.24) is 14.1 Å². The summed E-state index contributed by atoms with van der Waals surface area (Å²) < 4.78 is 13.5. The van der Waals surface area contributed by atoms with Gasteiger partial charge in [0.1, 0.15) is 28.7 Å². The van der Waals surface area contributed by atoms with Crippen LogP contribution in [0.15, 0.2) is 194 Å². The Labute approximate surface area is 333 Å². The lowest BCUT2D eigenvalue weighted by molar-refractivity contribution is -0.567. The number of hydrogen-bond donors (Lipinski definition) is 0. The van der Waals surface area contributed by atoms with Crippen LogP contribution in [0.2, 0.25) is 0 Å². The Bertz CT molecular complexity index is 3620. The van der Waals surface area contributed by atoms with Crippen LogP contribution in [0.25, 0.3) is 93.3 Å². The van der Waals surface area contributed by atoms with E-state index >= 15 is 0 Å². The number of pyridine rings is 1. The van der Waals surface area contributed by atoms with Gasteiger partial charge in [0, 0.05) is 39.1 Å². The Morgan fingerprint density at radius 3 is 2.10 bits per heavy atom. The summed E-state index contributed by atoms with van der Waals surface area (Å²) in [5.41, 5.74) is 8.71. The largest absolute Gasteiger partial charge is 0.457 e. The molecule has 0 N–H and O–H groups in total. The van der Waals surface area contributed by atoms with Crippen LogP contribution >= 0.6 is 0 Å². The normalized spacial score (nSPS) is 11.9. The van der Waals surface area contributed by atoms with E-state index in [2.05, 4.69) is 203 Å². The maximum atomic E-state index is 6.76. The summed E-state index contributed by atoms with van der Waals surface area (Å²) in [6.07, 6.45) is 2.15. The van der Waals surface area contributed by atoms with Crippen molar-refractivity contribution in [3.8, 4) is 28.7 Å². The third-order valence-corrected chi connectivity index (χ3v) is 11.7. The van der Waals surface area contributed by atoms with Gasteiger partial charge in [0.05, 0.1) is 16.6 Å². The van der Waals surface area contributed by atoms with Gasteiger partial charge in [-0.25, -0.2) is 4.98 Å². The van der Waals surface area contributed by atoms with E-state index in [1.165, 1.54) is 43.3 Å². The molecule has 0 amide bonds. The second-order valence-electron chi connectivity index (χ2n) is 15.1. The van der Waals surface area contributed by atoms with E-state index in [0.717, 1.165) is 67.0 Å². The smallest absolute Gasteiger partial charge is 0.255 e. The molecule has 0 saturated carbocycles. The predicted octanol–water partition coefficient (Wildman–Crippen LogP) is 13.1. The highest BCUT2D eigenvalue weighted by Crippen LogP contribution is 2.42. The second kappa shape index (κ2) is 12.6. The average molecular weight is 744 g/mol. The molecule has 0 aliphatic carbocycles. The molecule has 12 aromatic rings. The standard InChI is InChI=1S/C53H35N4O/c1-34-22-26-42-36(30-34)23-27-45-51(42)52-41-17-6-5-12-35(41)24-29-46(52)54-53(45)57-47-19-8-7-18-43(47)44-28-25-40(32-50(44)57)58-39-16-11-15-38(31-39)56-33-55(37-13-3-2-4-14-37)48-20-9-10-21-49(48)56/h2-33H,1H3/q+1. The number of aryl methyl sites for hydroxylation is 1. The van der Waals surface area contributed by atoms with Crippen LogP contribution in [0, 0.1) is 6.92 Å². The molecule has 0 bridgehead atoms. The molecule has 0 saturated heterocycles. The number of nitrogens with zero attached hydrogens (tertiary/aromatic N) is 4. The van der Waals surface area contributed by atoms with Crippen LogP contribution in [0.3, 0.4) is 0 Å². The highest BCUT2D eigenvalue weighted by atomic mass is 16.5. The molecule has 0 fully saturated rings. The minimum absolute atomic E-state index is 0.752. The van der Waals surface area contributed by atoms with Crippen LogP contribution < -0.4 is 9.30 Å². The molecule has 0 spiro atoms. The first kappa shape index (κ1) is 32.5. The van der Waals surface area contributed by atoms with E-state index in [9.17, 15) is 0 Å². The van der Waals surface area contributed by atoms with E-state index in [1.807, 2.05) is 12.1 Å². The first-order valence-corrected chi connectivity index (χ1v) is 19.7. The van der Waals surface area contributed by atoms with Crippen molar-refractivity contribution in [2.75, 3.05) is 0 Å². The Hall–Kier alpha value is -7.76. The first-order chi connectivity index (χ1) is 28.7. The molecule has 0 unspecified atom stereocenters. The zero-order valence-electron chi connectivity index (χ0n) is 31.7. The van der Waals surface area contributed by atoms with Gasteiger partial charge in [-0.2, -0.15) is 9.13 Å². The minimum atomic E-state index is 0.752. The molecule has 5 heteroatoms. The lowest BCUT2D eigenvalue weighted by Crippen LogP contribution is -2.28. The van der Waals surface area contributed by atoms with Crippen molar-refractivity contribution in [1.29, 1.82) is 0 Å². The molecule has 5 nitrogen and oxygen atoms in total. The van der Waals surface area contributed by atoms with Crippen molar-refractivity contribution >= 4 is 76.1 Å². The number of ether oxygens (including phenoxy) is 1. The molecule has 3 aromatic heterocycles. The fourth-order valence-electron chi connectivity index (χ4n) is 9.05. The van der Waals surface area contributed by atoms with Gasteiger partial charge in [0.25, 0.3) is 6.33 Å². The van der Waals surface area contributed by atoms with E-state index in [4.69, 9.17) is 9.72 Å². The molecule has 12 rings (SSSR count). The van der Waals surface area contributed by atoms with E-state index < -0.39 is 0 Å². The predicted molar refractivity (Wildman–Crippen MR) is 238 cm³/mol. The number of imidazole rings is 1. The third-order valence-electron chi connectivity index (χ3n) is 11.7. The lowest BCUT2D eigenvalue weighted by atomic mass is 9.94. The number of para-hydroxylation sites is 4. The quantitative estimate of drug-likeness (QED) is 0.130. The molecule has 58 heavy (non-hydrogen) atoms. The molecule has 0 radical (unpaired) electrons. The molecule has 0 atom stereocenters. The highest BCUT2D eigenvalue weighted by Gasteiger charge is 2.22. The Kier molecular flexibility index (Phi) is 7.07. The number of rotatable bonds is 5. The topological polar surface area (TPSA) is 35.9 Å². The molecule has 9 aromatic carbocycles.